The molecule has 1 rings (SSSR count). The molecule has 1 aliphatic rings. The summed E-state index contributed by atoms with van der Waals surface area (Å²) in [5.41, 5.74) is -0.166. The van der Waals surface area contributed by atoms with Crippen LogP contribution in [0.4, 0.5) is 0 Å². The van der Waals surface area contributed by atoms with E-state index in [4.69, 9.17) is 4.74 Å². The smallest absolute Gasteiger partial charge is 0.224 e. The fourth-order valence-corrected chi connectivity index (χ4v) is 1.95. The molecule has 4 heteroatoms. The number of amides is 1. The number of hydrogen-bond acceptors (Lipinski definition) is 3. The van der Waals surface area contributed by atoms with Gasteiger partial charge in [0.1, 0.15) is 0 Å². The van der Waals surface area contributed by atoms with Gasteiger partial charge in [-0.25, -0.2) is 0 Å². The van der Waals surface area contributed by atoms with Crippen LogP contribution < -0.4 is 5.32 Å². The standard InChI is InChI=1S/C13H24N2O2/c1-5-7-15(13(2,3)4)12(16)9-11-10-17-8-6-14-11/h5,11,14H,1,6-10H2,2-4H3. The summed E-state index contributed by atoms with van der Waals surface area (Å²) in [6, 6.07) is 0.144. The minimum absolute atomic E-state index is 0.144. The van der Waals surface area contributed by atoms with Crippen LogP contribution >= 0.6 is 0 Å². The maximum atomic E-state index is 12.2. The highest BCUT2D eigenvalue weighted by molar-refractivity contribution is 5.77. The third-order valence-electron chi connectivity index (χ3n) is 2.84. The zero-order chi connectivity index (χ0) is 12.9. The van der Waals surface area contributed by atoms with Gasteiger partial charge >= 0.3 is 0 Å². The molecule has 0 aromatic rings. The van der Waals surface area contributed by atoms with Crippen molar-refractivity contribution >= 4 is 5.91 Å². The molecule has 1 N–H and O–H groups in total. The van der Waals surface area contributed by atoms with Gasteiger partial charge in [-0.1, -0.05) is 6.08 Å². The lowest BCUT2D eigenvalue weighted by atomic mass is 10.0. The second-order valence-corrected chi connectivity index (χ2v) is 5.39. The molecule has 0 radical (unpaired) electrons. The van der Waals surface area contributed by atoms with E-state index in [9.17, 15) is 4.79 Å². The van der Waals surface area contributed by atoms with Gasteiger partial charge in [0.25, 0.3) is 0 Å². The summed E-state index contributed by atoms with van der Waals surface area (Å²) in [4.78, 5) is 14.1. The van der Waals surface area contributed by atoms with Crippen molar-refractivity contribution in [3.05, 3.63) is 12.7 Å². The first-order chi connectivity index (χ1) is 7.95. The van der Waals surface area contributed by atoms with Gasteiger partial charge in [0.2, 0.25) is 5.91 Å². The Kier molecular flexibility index (Phi) is 5.15. The molecule has 0 spiro atoms. The molecule has 17 heavy (non-hydrogen) atoms. The van der Waals surface area contributed by atoms with E-state index in [-0.39, 0.29) is 17.5 Å². The average Bonchev–Trinajstić information content (AvgIpc) is 2.25. The summed E-state index contributed by atoms with van der Waals surface area (Å²) >= 11 is 0. The third kappa shape index (κ3) is 4.48. The van der Waals surface area contributed by atoms with Gasteiger partial charge in [-0.15, -0.1) is 6.58 Å². The molecule has 1 amide bonds. The summed E-state index contributed by atoms with van der Waals surface area (Å²) in [5.74, 6) is 0.153. The number of carbonyl (C=O) groups is 1. The van der Waals surface area contributed by atoms with E-state index in [2.05, 4.69) is 11.9 Å². The van der Waals surface area contributed by atoms with Crippen molar-refractivity contribution in [2.24, 2.45) is 0 Å². The predicted octanol–water partition coefficient (Wildman–Crippen LogP) is 1.18. The lowest BCUT2D eigenvalue weighted by molar-refractivity contribution is -0.136. The van der Waals surface area contributed by atoms with Crippen molar-refractivity contribution in [2.75, 3.05) is 26.3 Å². The molecule has 1 atom stereocenters. The summed E-state index contributed by atoms with van der Waals surface area (Å²) in [6.45, 7) is 12.6. The van der Waals surface area contributed by atoms with Gasteiger partial charge in [-0.2, -0.15) is 0 Å². The largest absolute Gasteiger partial charge is 0.378 e. The fraction of sp³-hybridized carbons (Fsp3) is 0.769. The zero-order valence-electron chi connectivity index (χ0n) is 11.2. The first kappa shape index (κ1) is 14.2. The number of nitrogens with one attached hydrogen (secondary N) is 1. The van der Waals surface area contributed by atoms with Crippen molar-refractivity contribution in [1.82, 2.24) is 10.2 Å². The molecule has 0 bridgehead atoms. The minimum Gasteiger partial charge on any atom is -0.378 e. The van der Waals surface area contributed by atoms with Gasteiger partial charge in [-0.3, -0.25) is 4.79 Å². The zero-order valence-corrected chi connectivity index (χ0v) is 11.2. The second-order valence-electron chi connectivity index (χ2n) is 5.39. The third-order valence-corrected chi connectivity index (χ3v) is 2.84. The highest BCUT2D eigenvalue weighted by atomic mass is 16.5. The van der Waals surface area contributed by atoms with Crippen molar-refractivity contribution in [2.45, 2.75) is 38.8 Å². The molecule has 1 saturated heterocycles. The highest BCUT2D eigenvalue weighted by Gasteiger charge is 2.27. The molecule has 0 saturated carbocycles. The number of ether oxygens (including phenoxy) is 1. The minimum atomic E-state index is -0.166. The van der Waals surface area contributed by atoms with E-state index in [1.54, 1.807) is 6.08 Å². The van der Waals surface area contributed by atoms with E-state index in [0.717, 1.165) is 13.2 Å². The SMILES string of the molecule is C=CCN(C(=O)CC1COCCN1)C(C)(C)C. The number of nitrogens with zero attached hydrogens (tertiary/aromatic N) is 1. The maximum absolute atomic E-state index is 12.2. The number of rotatable bonds is 4. The van der Waals surface area contributed by atoms with Crippen molar-refractivity contribution in [1.29, 1.82) is 0 Å². The van der Waals surface area contributed by atoms with Crippen LogP contribution in [0.5, 0.6) is 0 Å². The van der Waals surface area contributed by atoms with Gasteiger partial charge in [0.15, 0.2) is 0 Å². The van der Waals surface area contributed by atoms with Crippen LogP contribution in [0.15, 0.2) is 12.7 Å². The molecule has 0 aliphatic carbocycles. The van der Waals surface area contributed by atoms with Crippen LogP contribution in [-0.2, 0) is 9.53 Å². The van der Waals surface area contributed by atoms with E-state index < -0.39 is 0 Å². The summed E-state index contributed by atoms with van der Waals surface area (Å²) in [6.07, 6.45) is 2.26. The van der Waals surface area contributed by atoms with Crippen LogP contribution in [0.2, 0.25) is 0 Å². The Morgan fingerprint density at radius 2 is 2.29 bits per heavy atom. The molecule has 0 aromatic carbocycles. The van der Waals surface area contributed by atoms with Crippen LogP contribution in [0, 0.1) is 0 Å². The second kappa shape index (κ2) is 6.17. The number of morpholine rings is 1. The molecule has 1 fully saturated rings. The van der Waals surface area contributed by atoms with Gasteiger partial charge in [0.05, 0.1) is 13.2 Å². The molecular formula is C13H24N2O2. The maximum Gasteiger partial charge on any atom is 0.224 e. The molecule has 98 valence electrons. The van der Waals surface area contributed by atoms with E-state index in [1.165, 1.54) is 0 Å². The molecule has 1 heterocycles. The monoisotopic (exact) mass is 240 g/mol. The molecular weight excluding hydrogens is 216 g/mol. The predicted molar refractivity (Wildman–Crippen MR) is 68.9 cm³/mol. The van der Waals surface area contributed by atoms with Gasteiger partial charge in [-0.05, 0) is 20.8 Å². The van der Waals surface area contributed by atoms with Crippen molar-refractivity contribution < 1.29 is 9.53 Å². The van der Waals surface area contributed by atoms with Crippen LogP contribution in [0.3, 0.4) is 0 Å². The Balaban J connectivity index is 2.55. The Labute approximate surface area is 104 Å². The molecule has 1 aliphatic heterocycles. The Bertz CT molecular complexity index is 265. The van der Waals surface area contributed by atoms with E-state index in [0.29, 0.717) is 19.6 Å². The first-order valence-corrected chi connectivity index (χ1v) is 6.17. The number of carbonyl (C=O) groups excluding carboxylic acids is 1. The first-order valence-electron chi connectivity index (χ1n) is 6.17. The fourth-order valence-electron chi connectivity index (χ4n) is 1.95. The van der Waals surface area contributed by atoms with Crippen LogP contribution in [-0.4, -0.2) is 48.7 Å². The normalized spacial score (nSPS) is 21.0. The lowest BCUT2D eigenvalue weighted by Crippen LogP contribution is -2.50. The Hall–Kier alpha value is -0.870. The Morgan fingerprint density at radius 1 is 1.59 bits per heavy atom. The van der Waals surface area contributed by atoms with Crippen LogP contribution in [0.1, 0.15) is 27.2 Å². The van der Waals surface area contributed by atoms with Gasteiger partial charge in [0, 0.05) is 31.1 Å². The lowest BCUT2D eigenvalue weighted by Gasteiger charge is -2.36. The van der Waals surface area contributed by atoms with Crippen molar-refractivity contribution in [3.8, 4) is 0 Å². The highest BCUT2D eigenvalue weighted by Crippen LogP contribution is 2.15. The van der Waals surface area contributed by atoms with E-state index in [1.807, 2.05) is 25.7 Å². The quantitative estimate of drug-likeness (QED) is 0.750. The average molecular weight is 240 g/mol. The summed E-state index contributed by atoms with van der Waals surface area (Å²) in [5, 5.41) is 3.30. The Morgan fingerprint density at radius 3 is 2.76 bits per heavy atom. The molecule has 4 nitrogen and oxygen atoms in total. The van der Waals surface area contributed by atoms with Crippen molar-refractivity contribution in [3.63, 3.8) is 0 Å². The molecule has 0 aromatic heterocycles. The number of hydrogen-bond donors (Lipinski definition) is 1. The van der Waals surface area contributed by atoms with Gasteiger partial charge < -0.3 is 15.0 Å². The van der Waals surface area contributed by atoms with Crippen LogP contribution in [0.25, 0.3) is 0 Å². The topological polar surface area (TPSA) is 41.6 Å². The van der Waals surface area contributed by atoms with E-state index >= 15 is 0 Å². The summed E-state index contributed by atoms with van der Waals surface area (Å²) < 4.78 is 5.35. The summed E-state index contributed by atoms with van der Waals surface area (Å²) in [7, 11) is 0. The molecule has 1 unspecified atom stereocenters.